The van der Waals surface area contributed by atoms with Gasteiger partial charge in [-0.25, -0.2) is 0 Å². The van der Waals surface area contributed by atoms with Gasteiger partial charge in [-0.05, 0) is 6.42 Å². The van der Waals surface area contributed by atoms with Gasteiger partial charge in [0.1, 0.15) is 0 Å². The summed E-state index contributed by atoms with van der Waals surface area (Å²) in [4.78, 5) is 0. The summed E-state index contributed by atoms with van der Waals surface area (Å²) in [7, 11) is 0. The van der Waals surface area contributed by atoms with Gasteiger partial charge in [-0.3, -0.25) is 0 Å². The Bertz CT molecular complexity index is 196. The third-order valence-corrected chi connectivity index (χ3v) is 1.29. The molecule has 0 nitrogen and oxygen atoms in total. The van der Waals surface area contributed by atoms with Crippen molar-refractivity contribution in [2.24, 2.45) is 0 Å². The van der Waals surface area contributed by atoms with Gasteiger partial charge >= 0.3 is 6.18 Å². The third-order valence-electron chi connectivity index (χ3n) is 1.29. The standard InChI is InChI=1S/C9H11F3/c1-3-5-6-7-8(4-2)9(10,11)12/h3,5-7H,1,4H2,2H3/b6-5-,8-7+. The largest absolute Gasteiger partial charge is 0.412 e. The van der Waals surface area contributed by atoms with Crippen LogP contribution in [0.1, 0.15) is 13.3 Å². The van der Waals surface area contributed by atoms with Gasteiger partial charge in [0, 0.05) is 5.57 Å². The van der Waals surface area contributed by atoms with Crippen molar-refractivity contribution in [3.8, 4) is 0 Å². The summed E-state index contributed by atoms with van der Waals surface area (Å²) in [6.45, 7) is 4.82. The van der Waals surface area contributed by atoms with E-state index in [0.717, 1.165) is 6.08 Å². The van der Waals surface area contributed by atoms with E-state index in [0.29, 0.717) is 0 Å². The lowest BCUT2D eigenvalue weighted by molar-refractivity contribution is -0.0935. The first-order chi connectivity index (χ1) is 5.52. The highest BCUT2D eigenvalue weighted by Crippen LogP contribution is 2.27. The van der Waals surface area contributed by atoms with Crippen molar-refractivity contribution in [2.45, 2.75) is 19.5 Å². The van der Waals surface area contributed by atoms with Gasteiger partial charge in [0.05, 0.1) is 0 Å². The highest BCUT2D eigenvalue weighted by molar-refractivity contribution is 5.18. The van der Waals surface area contributed by atoms with E-state index < -0.39 is 11.7 Å². The van der Waals surface area contributed by atoms with Crippen LogP contribution in [0.5, 0.6) is 0 Å². The Morgan fingerprint density at radius 1 is 1.33 bits per heavy atom. The lowest BCUT2D eigenvalue weighted by Crippen LogP contribution is -2.10. The number of hydrogen-bond donors (Lipinski definition) is 0. The SMILES string of the molecule is C=C/C=C\C=C(/CC)C(F)(F)F. The average Bonchev–Trinajstić information content (AvgIpc) is 1.95. The van der Waals surface area contributed by atoms with Crippen molar-refractivity contribution < 1.29 is 13.2 Å². The minimum absolute atomic E-state index is 0.00895. The molecule has 0 aromatic carbocycles. The molecule has 0 spiro atoms. The highest BCUT2D eigenvalue weighted by Gasteiger charge is 2.31. The maximum absolute atomic E-state index is 12.0. The first kappa shape index (κ1) is 11.0. The van der Waals surface area contributed by atoms with Crippen LogP contribution in [0.4, 0.5) is 13.2 Å². The van der Waals surface area contributed by atoms with E-state index in [1.165, 1.54) is 25.2 Å². The Morgan fingerprint density at radius 3 is 2.25 bits per heavy atom. The molecule has 0 saturated carbocycles. The lowest BCUT2D eigenvalue weighted by atomic mass is 10.2. The normalized spacial score (nSPS) is 13.8. The summed E-state index contributed by atoms with van der Waals surface area (Å²) in [6, 6.07) is 0. The molecule has 12 heavy (non-hydrogen) atoms. The fourth-order valence-electron chi connectivity index (χ4n) is 0.663. The van der Waals surface area contributed by atoms with E-state index in [-0.39, 0.29) is 6.42 Å². The molecule has 0 amide bonds. The molecule has 0 aliphatic heterocycles. The molecule has 0 aromatic heterocycles. The molecule has 0 unspecified atom stereocenters. The van der Waals surface area contributed by atoms with Crippen LogP contribution < -0.4 is 0 Å². The Hall–Kier alpha value is -0.990. The van der Waals surface area contributed by atoms with Crippen LogP contribution in [0, 0.1) is 0 Å². The fourth-order valence-corrected chi connectivity index (χ4v) is 0.663. The van der Waals surface area contributed by atoms with Crippen LogP contribution in [0.2, 0.25) is 0 Å². The summed E-state index contributed by atoms with van der Waals surface area (Å²) < 4.78 is 36.1. The second-order valence-corrected chi connectivity index (χ2v) is 2.16. The predicted octanol–water partition coefficient (Wildman–Crippen LogP) is 3.63. The van der Waals surface area contributed by atoms with E-state index in [2.05, 4.69) is 6.58 Å². The Labute approximate surface area is 70.1 Å². The summed E-state index contributed by atoms with van der Waals surface area (Å²) in [5.41, 5.74) is -0.527. The van der Waals surface area contributed by atoms with Crippen LogP contribution in [-0.4, -0.2) is 6.18 Å². The zero-order chi connectivity index (χ0) is 9.61. The van der Waals surface area contributed by atoms with Crippen molar-refractivity contribution in [1.29, 1.82) is 0 Å². The molecule has 3 heteroatoms. The number of allylic oxidation sites excluding steroid dienone is 5. The van der Waals surface area contributed by atoms with E-state index in [1.54, 1.807) is 0 Å². The summed E-state index contributed by atoms with van der Waals surface area (Å²) in [5.74, 6) is 0. The average molecular weight is 176 g/mol. The number of hydrogen-bond acceptors (Lipinski definition) is 0. The molecular formula is C9H11F3. The Morgan fingerprint density at radius 2 is 1.92 bits per heavy atom. The predicted molar refractivity (Wildman–Crippen MR) is 43.8 cm³/mol. The molecule has 0 aliphatic carbocycles. The van der Waals surface area contributed by atoms with Crippen LogP contribution in [0.25, 0.3) is 0 Å². The maximum atomic E-state index is 12.0. The molecule has 0 heterocycles. The van der Waals surface area contributed by atoms with Crippen molar-refractivity contribution in [3.63, 3.8) is 0 Å². The second-order valence-electron chi connectivity index (χ2n) is 2.16. The van der Waals surface area contributed by atoms with Gasteiger partial charge in [0.15, 0.2) is 0 Å². The molecular weight excluding hydrogens is 165 g/mol. The van der Waals surface area contributed by atoms with Crippen LogP contribution in [0.15, 0.2) is 36.5 Å². The smallest absolute Gasteiger partial charge is 0.166 e. The monoisotopic (exact) mass is 176 g/mol. The molecule has 0 aliphatic rings. The van der Waals surface area contributed by atoms with Gasteiger partial charge in [-0.2, -0.15) is 13.2 Å². The molecule has 0 aromatic rings. The molecule has 0 fully saturated rings. The highest BCUT2D eigenvalue weighted by atomic mass is 19.4. The summed E-state index contributed by atoms with van der Waals surface area (Å²) in [5, 5.41) is 0. The van der Waals surface area contributed by atoms with E-state index in [9.17, 15) is 13.2 Å². The Balaban J connectivity index is 4.44. The zero-order valence-electron chi connectivity index (χ0n) is 6.86. The second kappa shape index (κ2) is 4.80. The fraction of sp³-hybridized carbons (Fsp3) is 0.333. The first-order valence-corrected chi connectivity index (χ1v) is 3.57. The van der Waals surface area contributed by atoms with Gasteiger partial charge < -0.3 is 0 Å². The lowest BCUT2D eigenvalue weighted by Gasteiger charge is -2.07. The molecule has 68 valence electrons. The number of rotatable bonds is 3. The summed E-state index contributed by atoms with van der Waals surface area (Å²) in [6.07, 6.45) is 1.06. The van der Waals surface area contributed by atoms with Crippen molar-refractivity contribution in [3.05, 3.63) is 36.5 Å². The zero-order valence-corrected chi connectivity index (χ0v) is 6.86. The number of halogens is 3. The summed E-state index contributed by atoms with van der Waals surface area (Å²) >= 11 is 0. The van der Waals surface area contributed by atoms with E-state index in [4.69, 9.17) is 0 Å². The first-order valence-electron chi connectivity index (χ1n) is 3.57. The molecule has 0 saturated heterocycles. The number of alkyl halides is 3. The topological polar surface area (TPSA) is 0 Å². The Kier molecular flexibility index (Phi) is 4.40. The van der Waals surface area contributed by atoms with E-state index >= 15 is 0 Å². The van der Waals surface area contributed by atoms with Crippen molar-refractivity contribution >= 4 is 0 Å². The molecule has 0 bridgehead atoms. The molecule has 0 rings (SSSR count). The van der Waals surface area contributed by atoms with Crippen LogP contribution >= 0.6 is 0 Å². The minimum atomic E-state index is -4.21. The van der Waals surface area contributed by atoms with E-state index in [1.807, 2.05) is 0 Å². The van der Waals surface area contributed by atoms with Gasteiger partial charge in [0.25, 0.3) is 0 Å². The van der Waals surface area contributed by atoms with Gasteiger partial charge in [0.2, 0.25) is 0 Å². The van der Waals surface area contributed by atoms with Crippen molar-refractivity contribution in [1.82, 2.24) is 0 Å². The maximum Gasteiger partial charge on any atom is 0.412 e. The van der Waals surface area contributed by atoms with Crippen LogP contribution in [-0.2, 0) is 0 Å². The molecule has 0 N–H and O–H groups in total. The molecule has 0 radical (unpaired) electrons. The van der Waals surface area contributed by atoms with Crippen molar-refractivity contribution in [2.75, 3.05) is 0 Å². The van der Waals surface area contributed by atoms with Gasteiger partial charge in [-0.1, -0.05) is 37.8 Å². The quantitative estimate of drug-likeness (QED) is 0.576. The van der Waals surface area contributed by atoms with Crippen LogP contribution in [0.3, 0.4) is 0 Å². The minimum Gasteiger partial charge on any atom is -0.166 e. The molecule has 0 atom stereocenters. The third kappa shape index (κ3) is 4.01. The van der Waals surface area contributed by atoms with Gasteiger partial charge in [-0.15, -0.1) is 0 Å².